The van der Waals surface area contributed by atoms with E-state index >= 15 is 0 Å². The van der Waals surface area contributed by atoms with Gasteiger partial charge in [0.05, 0.1) is 11.8 Å². The van der Waals surface area contributed by atoms with Crippen LogP contribution in [0.1, 0.15) is 90.4 Å². The number of carbonyl (C=O) groups excluding carboxylic acids is 2. The first-order valence-electron chi connectivity index (χ1n) is 10.6. The molecule has 3 fully saturated rings. The van der Waals surface area contributed by atoms with Gasteiger partial charge in [0.15, 0.2) is 0 Å². The number of hydrogen-bond acceptors (Lipinski definition) is 4. The van der Waals surface area contributed by atoms with Crippen LogP contribution in [0.15, 0.2) is 0 Å². The lowest BCUT2D eigenvalue weighted by atomic mass is 9.72. The summed E-state index contributed by atoms with van der Waals surface area (Å²) >= 11 is 0. The van der Waals surface area contributed by atoms with E-state index in [1.165, 1.54) is 12.8 Å². The molecule has 142 valence electrons. The monoisotopic (exact) mass is 350 g/mol. The summed E-state index contributed by atoms with van der Waals surface area (Å²) in [6.07, 6.45) is 13.9. The van der Waals surface area contributed by atoms with Gasteiger partial charge in [-0.25, -0.2) is 0 Å². The molecule has 3 saturated carbocycles. The smallest absolute Gasteiger partial charge is 0.310 e. The van der Waals surface area contributed by atoms with Gasteiger partial charge in [-0.15, -0.1) is 0 Å². The molecule has 0 aromatic heterocycles. The van der Waals surface area contributed by atoms with Crippen LogP contribution in [0.3, 0.4) is 0 Å². The average molecular weight is 350 g/mol. The van der Waals surface area contributed by atoms with Gasteiger partial charge in [0, 0.05) is 0 Å². The molecule has 3 unspecified atom stereocenters. The fourth-order valence-electron chi connectivity index (χ4n) is 4.94. The van der Waals surface area contributed by atoms with Crippen LogP contribution >= 0.6 is 0 Å². The molecule has 3 rings (SSSR count). The summed E-state index contributed by atoms with van der Waals surface area (Å²) in [5.74, 6) is -0.712. The highest BCUT2D eigenvalue weighted by Gasteiger charge is 2.43. The number of esters is 2. The van der Waals surface area contributed by atoms with Gasteiger partial charge in [0.2, 0.25) is 0 Å². The second kappa shape index (κ2) is 9.05. The van der Waals surface area contributed by atoms with Crippen molar-refractivity contribution < 1.29 is 19.1 Å². The Morgan fingerprint density at radius 2 is 1.16 bits per heavy atom. The fraction of sp³-hybridized carbons (Fsp3) is 0.905. The first-order valence-corrected chi connectivity index (χ1v) is 10.6. The lowest BCUT2D eigenvalue weighted by molar-refractivity contribution is -0.172. The molecule has 0 aliphatic heterocycles. The molecule has 25 heavy (non-hydrogen) atoms. The number of ether oxygens (including phenoxy) is 2. The van der Waals surface area contributed by atoms with Crippen molar-refractivity contribution in [1.82, 2.24) is 0 Å². The van der Waals surface area contributed by atoms with Gasteiger partial charge in [0.1, 0.15) is 12.2 Å². The Hall–Kier alpha value is -1.06. The Labute approximate surface area is 152 Å². The summed E-state index contributed by atoms with van der Waals surface area (Å²) in [6, 6.07) is 0. The Balaban J connectivity index is 1.60. The second-order valence-electron chi connectivity index (χ2n) is 8.43. The third kappa shape index (κ3) is 4.98. The minimum atomic E-state index is -0.313. The molecule has 0 aromatic carbocycles. The van der Waals surface area contributed by atoms with E-state index in [-0.39, 0.29) is 41.9 Å². The van der Waals surface area contributed by atoms with E-state index in [0.717, 1.165) is 70.6 Å². The van der Waals surface area contributed by atoms with Gasteiger partial charge in [-0.3, -0.25) is 9.59 Å². The molecule has 0 aromatic rings. The third-order valence-electron chi connectivity index (χ3n) is 6.47. The zero-order valence-electron chi connectivity index (χ0n) is 15.7. The Morgan fingerprint density at radius 1 is 0.640 bits per heavy atom. The van der Waals surface area contributed by atoms with E-state index in [4.69, 9.17) is 9.47 Å². The maximum atomic E-state index is 12.9. The van der Waals surface area contributed by atoms with Crippen LogP contribution in [0.25, 0.3) is 0 Å². The van der Waals surface area contributed by atoms with Crippen LogP contribution in [0.2, 0.25) is 0 Å². The first-order chi connectivity index (χ1) is 12.1. The van der Waals surface area contributed by atoms with Crippen LogP contribution in [0.4, 0.5) is 0 Å². The SMILES string of the molecule is CC1CCCC(C(=O)OC2CCCCC2)C1C(=O)OC1CCCCC1. The zero-order valence-corrected chi connectivity index (χ0v) is 15.7. The summed E-state index contributed by atoms with van der Waals surface area (Å²) in [4.78, 5) is 25.6. The van der Waals surface area contributed by atoms with Gasteiger partial charge >= 0.3 is 11.9 Å². The van der Waals surface area contributed by atoms with Gasteiger partial charge in [-0.2, -0.15) is 0 Å². The number of rotatable bonds is 4. The highest BCUT2D eigenvalue weighted by molar-refractivity contribution is 5.82. The second-order valence-corrected chi connectivity index (χ2v) is 8.43. The molecule has 3 aliphatic carbocycles. The molecule has 3 aliphatic rings. The van der Waals surface area contributed by atoms with Gasteiger partial charge in [0.25, 0.3) is 0 Å². The molecule has 0 saturated heterocycles. The molecule has 0 N–H and O–H groups in total. The Kier molecular flexibility index (Phi) is 6.77. The fourth-order valence-corrected chi connectivity index (χ4v) is 4.94. The predicted octanol–water partition coefficient (Wildman–Crippen LogP) is 4.79. The number of hydrogen-bond donors (Lipinski definition) is 0. The molecule has 0 radical (unpaired) electrons. The van der Waals surface area contributed by atoms with Crippen LogP contribution < -0.4 is 0 Å². The lowest BCUT2D eigenvalue weighted by Gasteiger charge is -2.35. The van der Waals surface area contributed by atoms with Crippen LogP contribution in [-0.2, 0) is 19.1 Å². The van der Waals surface area contributed by atoms with Crippen molar-refractivity contribution in [2.45, 2.75) is 103 Å². The number of carbonyl (C=O) groups is 2. The largest absolute Gasteiger partial charge is 0.462 e. The van der Waals surface area contributed by atoms with E-state index in [1.807, 2.05) is 0 Å². The van der Waals surface area contributed by atoms with Gasteiger partial charge in [-0.05, 0) is 70.1 Å². The maximum Gasteiger partial charge on any atom is 0.310 e. The summed E-state index contributed by atoms with van der Waals surface area (Å²) in [5.41, 5.74) is 0. The normalized spacial score (nSPS) is 32.1. The zero-order chi connectivity index (χ0) is 17.6. The van der Waals surface area contributed by atoms with Crippen molar-refractivity contribution >= 4 is 11.9 Å². The van der Waals surface area contributed by atoms with E-state index in [2.05, 4.69) is 6.92 Å². The minimum absolute atomic E-state index is 0.0605. The van der Waals surface area contributed by atoms with E-state index in [0.29, 0.717) is 0 Å². The van der Waals surface area contributed by atoms with Crippen molar-refractivity contribution in [2.24, 2.45) is 17.8 Å². The van der Waals surface area contributed by atoms with Crippen LogP contribution in [0.5, 0.6) is 0 Å². The summed E-state index contributed by atoms with van der Waals surface area (Å²) in [7, 11) is 0. The predicted molar refractivity (Wildman–Crippen MR) is 95.9 cm³/mol. The standard InChI is InChI=1S/C21H34O4/c1-15-9-8-14-18(20(22)24-16-10-4-2-5-11-16)19(15)21(23)25-17-12-6-3-7-13-17/h15-19H,2-14H2,1H3. The maximum absolute atomic E-state index is 12.9. The first kappa shape index (κ1) is 18.7. The van der Waals surface area contributed by atoms with Crippen molar-refractivity contribution in [2.75, 3.05) is 0 Å². The quantitative estimate of drug-likeness (QED) is 0.684. The molecular weight excluding hydrogens is 316 g/mol. The highest BCUT2D eigenvalue weighted by atomic mass is 16.6. The van der Waals surface area contributed by atoms with E-state index < -0.39 is 0 Å². The third-order valence-corrected chi connectivity index (χ3v) is 6.47. The molecule has 4 nitrogen and oxygen atoms in total. The van der Waals surface area contributed by atoms with Crippen LogP contribution in [-0.4, -0.2) is 24.1 Å². The molecular formula is C21H34O4. The molecule has 0 spiro atoms. The summed E-state index contributed by atoms with van der Waals surface area (Å²) in [6.45, 7) is 2.09. The molecule has 4 heteroatoms. The average Bonchev–Trinajstić information content (AvgIpc) is 2.63. The molecule has 0 bridgehead atoms. The van der Waals surface area contributed by atoms with Crippen molar-refractivity contribution in [3.63, 3.8) is 0 Å². The van der Waals surface area contributed by atoms with Gasteiger partial charge in [-0.1, -0.05) is 26.2 Å². The highest BCUT2D eigenvalue weighted by Crippen LogP contribution is 2.38. The summed E-state index contributed by atoms with van der Waals surface area (Å²) in [5, 5.41) is 0. The molecule has 0 heterocycles. The summed E-state index contributed by atoms with van der Waals surface area (Å²) < 4.78 is 11.6. The van der Waals surface area contributed by atoms with E-state index in [9.17, 15) is 9.59 Å². The van der Waals surface area contributed by atoms with Crippen molar-refractivity contribution in [3.05, 3.63) is 0 Å². The Bertz CT molecular complexity index is 449. The Morgan fingerprint density at radius 3 is 1.72 bits per heavy atom. The lowest BCUT2D eigenvalue weighted by Crippen LogP contribution is -2.41. The van der Waals surface area contributed by atoms with Gasteiger partial charge < -0.3 is 9.47 Å². The van der Waals surface area contributed by atoms with Crippen molar-refractivity contribution in [3.8, 4) is 0 Å². The topological polar surface area (TPSA) is 52.6 Å². The molecule has 3 atom stereocenters. The van der Waals surface area contributed by atoms with E-state index in [1.54, 1.807) is 0 Å². The van der Waals surface area contributed by atoms with Crippen molar-refractivity contribution in [1.29, 1.82) is 0 Å². The molecule has 0 amide bonds. The van der Waals surface area contributed by atoms with Crippen LogP contribution in [0, 0.1) is 17.8 Å². The minimum Gasteiger partial charge on any atom is -0.462 e.